The molecule has 0 aromatic heterocycles. The summed E-state index contributed by atoms with van der Waals surface area (Å²) in [5.74, 6) is 0.612. The quantitative estimate of drug-likeness (QED) is 0.666. The van der Waals surface area contributed by atoms with Crippen molar-refractivity contribution < 1.29 is 9.59 Å². The predicted molar refractivity (Wildman–Crippen MR) is 135 cm³/mol. The SMILES string of the molecule is O=C(N[C@H]1CCCc2ccccc21)[C@H](C1CCCC1)N1CCN(C(=O)c2ccc(Cl)cc2)CC1. The van der Waals surface area contributed by atoms with Crippen LogP contribution in [-0.4, -0.2) is 53.8 Å². The van der Waals surface area contributed by atoms with Crippen LogP contribution in [0, 0.1) is 5.92 Å². The van der Waals surface area contributed by atoms with Crippen molar-refractivity contribution in [3.63, 3.8) is 0 Å². The molecule has 2 fully saturated rings. The number of nitrogens with zero attached hydrogens (tertiary/aromatic N) is 2. The van der Waals surface area contributed by atoms with E-state index in [-0.39, 0.29) is 23.9 Å². The molecule has 1 aliphatic heterocycles. The van der Waals surface area contributed by atoms with Crippen LogP contribution >= 0.6 is 11.6 Å². The van der Waals surface area contributed by atoms with Gasteiger partial charge in [-0.3, -0.25) is 14.5 Å². The molecule has 2 aromatic carbocycles. The van der Waals surface area contributed by atoms with Gasteiger partial charge < -0.3 is 10.2 Å². The van der Waals surface area contributed by atoms with E-state index in [1.54, 1.807) is 24.3 Å². The zero-order valence-corrected chi connectivity index (χ0v) is 20.5. The molecule has 3 aliphatic rings. The topological polar surface area (TPSA) is 52.7 Å². The number of aryl methyl sites for hydroxylation is 1. The Bertz CT molecular complexity index is 1010. The van der Waals surface area contributed by atoms with E-state index < -0.39 is 0 Å². The van der Waals surface area contributed by atoms with E-state index >= 15 is 0 Å². The fourth-order valence-electron chi connectivity index (χ4n) is 6.09. The van der Waals surface area contributed by atoms with Gasteiger partial charge in [-0.25, -0.2) is 0 Å². The Balaban J connectivity index is 1.26. The first-order chi connectivity index (χ1) is 16.6. The van der Waals surface area contributed by atoms with Gasteiger partial charge in [-0.15, -0.1) is 0 Å². The first kappa shape index (κ1) is 23.4. The molecule has 1 N–H and O–H groups in total. The van der Waals surface area contributed by atoms with Gasteiger partial charge in [-0.1, -0.05) is 48.7 Å². The molecule has 2 aromatic rings. The van der Waals surface area contributed by atoms with Gasteiger partial charge in [-0.05, 0) is 73.4 Å². The summed E-state index contributed by atoms with van der Waals surface area (Å²) in [5.41, 5.74) is 3.32. The van der Waals surface area contributed by atoms with Gasteiger partial charge in [0.1, 0.15) is 0 Å². The number of benzene rings is 2. The first-order valence-corrected chi connectivity index (χ1v) is 13.1. The van der Waals surface area contributed by atoms with Gasteiger partial charge in [0, 0.05) is 36.8 Å². The minimum atomic E-state index is -0.107. The number of piperazine rings is 1. The van der Waals surface area contributed by atoms with Gasteiger partial charge in [-0.2, -0.15) is 0 Å². The summed E-state index contributed by atoms with van der Waals surface area (Å²) >= 11 is 5.98. The number of carbonyl (C=O) groups is 2. The van der Waals surface area contributed by atoms with E-state index in [9.17, 15) is 9.59 Å². The first-order valence-electron chi connectivity index (χ1n) is 12.8. The lowest BCUT2D eigenvalue weighted by Crippen LogP contribution is -2.58. The number of carbonyl (C=O) groups excluding carboxylic acids is 2. The molecule has 0 bridgehead atoms. The van der Waals surface area contributed by atoms with Crippen molar-refractivity contribution in [2.45, 2.75) is 57.0 Å². The van der Waals surface area contributed by atoms with Crippen molar-refractivity contribution >= 4 is 23.4 Å². The van der Waals surface area contributed by atoms with Crippen LogP contribution < -0.4 is 5.32 Å². The van der Waals surface area contributed by atoms with E-state index in [4.69, 9.17) is 11.6 Å². The third-order valence-electron chi connectivity index (χ3n) is 7.89. The minimum Gasteiger partial charge on any atom is -0.348 e. The number of rotatable bonds is 5. The molecule has 0 spiro atoms. The maximum Gasteiger partial charge on any atom is 0.253 e. The fourth-order valence-corrected chi connectivity index (χ4v) is 6.22. The summed E-state index contributed by atoms with van der Waals surface area (Å²) in [6.45, 7) is 2.75. The van der Waals surface area contributed by atoms with Crippen molar-refractivity contribution in [2.24, 2.45) is 5.92 Å². The Morgan fingerprint density at radius 1 is 0.882 bits per heavy atom. The third kappa shape index (κ3) is 5.01. The molecule has 6 heteroatoms. The largest absolute Gasteiger partial charge is 0.348 e. The summed E-state index contributed by atoms with van der Waals surface area (Å²) in [5, 5.41) is 4.07. The zero-order valence-electron chi connectivity index (χ0n) is 19.7. The van der Waals surface area contributed by atoms with Crippen molar-refractivity contribution in [2.75, 3.05) is 26.2 Å². The molecular weight excluding hydrogens is 446 g/mol. The maximum atomic E-state index is 13.7. The second kappa shape index (κ2) is 10.5. The molecule has 2 aliphatic carbocycles. The van der Waals surface area contributed by atoms with Crippen LogP contribution in [0.15, 0.2) is 48.5 Å². The monoisotopic (exact) mass is 479 g/mol. The van der Waals surface area contributed by atoms with Gasteiger partial charge in [0.2, 0.25) is 5.91 Å². The number of hydrogen-bond donors (Lipinski definition) is 1. The summed E-state index contributed by atoms with van der Waals surface area (Å²) in [6.07, 6.45) is 7.85. The summed E-state index contributed by atoms with van der Waals surface area (Å²) in [7, 11) is 0. The summed E-state index contributed by atoms with van der Waals surface area (Å²) in [4.78, 5) is 30.9. The standard InChI is InChI=1S/C28H34ClN3O2/c29-23-14-12-22(13-15-23)28(34)32-18-16-31(17-19-32)26(21-7-1-2-8-21)27(33)30-25-11-5-9-20-6-3-4-10-24(20)25/h3-4,6,10,12-15,21,25-26H,1-2,5,7-9,11,16-19H2,(H,30,33)/t25-,26-/m0/s1. The number of halogens is 1. The lowest BCUT2D eigenvalue weighted by atomic mass is 9.87. The van der Waals surface area contributed by atoms with Gasteiger partial charge in [0.15, 0.2) is 0 Å². The average molecular weight is 480 g/mol. The van der Waals surface area contributed by atoms with E-state index in [1.165, 1.54) is 24.0 Å². The molecular formula is C28H34ClN3O2. The van der Waals surface area contributed by atoms with Crippen molar-refractivity contribution in [3.05, 3.63) is 70.2 Å². The molecule has 1 heterocycles. The van der Waals surface area contributed by atoms with Crippen LogP contribution in [-0.2, 0) is 11.2 Å². The van der Waals surface area contributed by atoms with Gasteiger partial charge >= 0.3 is 0 Å². The van der Waals surface area contributed by atoms with Gasteiger partial charge in [0.05, 0.1) is 12.1 Å². The highest BCUT2D eigenvalue weighted by atomic mass is 35.5. The van der Waals surface area contributed by atoms with E-state index in [0.717, 1.165) is 45.2 Å². The fraction of sp³-hybridized carbons (Fsp3) is 0.500. The molecule has 0 unspecified atom stereocenters. The Kier molecular flexibility index (Phi) is 7.21. The summed E-state index contributed by atoms with van der Waals surface area (Å²) in [6, 6.07) is 15.6. The van der Waals surface area contributed by atoms with Gasteiger partial charge in [0.25, 0.3) is 5.91 Å². The van der Waals surface area contributed by atoms with Crippen molar-refractivity contribution in [1.82, 2.24) is 15.1 Å². The lowest BCUT2D eigenvalue weighted by molar-refractivity contribution is -0.130. The molecule has 2 amide bonds. The molecule has 0 radical (unpaired) electrons. The maximum absolute atomic E-state index is 13.7. The highest BCUT2D eigenvalue weighted by Crippen LogP contribution is 2.33. The highest BCUT2D eigenvalue weighted by Gasteiger charge is 2.38. The average Bonchev–Trinajstić information content (AvgIpc) is 3.39. The molecule has 2 atom stereocenters. The second-order valence-corrected chi connectivity index (χ2v) is 10.4. The molecule has 180 valence electrons. The van der Waals surface area contributed by atoms with E-state index in [2.05, 4.69) is 34.5 Å². The second-order valence-electron chi connectivity index (χ2n) is 9.98. The number of fused-ring (bicyclic) bond motifs is 1. The molecule has 1 saturated carbocycles. The van der Waals surface area contributed by atoms with Crippen LogP contribution in [0.3, 0.4) is 0 Å². The third-order valence-corrected chi connectivity index (χ3v) is 8.14. The smallest absolute Gasteiger partial charge is 0.253 e. The molecule has 5 rings (SSSR count). The Morgan fingerprint density at radius 3 is 2.32 bits per heavy atom. The Morgan fingerprint density at radius 2 is 1.59 bits per heavy atom. The lowest BCUT2D eigenvalue weighted by Gasteiger charge is -2.41. The van der Waals surface area contributed by atoms with Crippen molar-refractivity contribution in [1.29, 1.82) is 0 Å². The zero-order chi connectivity index (χ0) is 23.5. The number of hydrogen-bond acceptors (Lipinski definition) is 3. The predicted octanol–water partition coefficient (Wildman–Crippen LogP) is 4.85. The van der Waals surface area contributed by atoms with Crippen LogP contribution in [0.1, 0.15) is 66.1 Å². The van der Waals surface area contributed by atoms with E-state index in [0.29, 0.717) is 29.6 Å². The Hall–Kier alpha value is -2.37. The van der Waals surface area contributed by atoms with Crippen LogP contribution in [0.5, 0.6) is 0 Å². The molecule has 1 saturated heterocycles. The normalized spacial score (nSPS) is 22.3. The molecule has 5 nitrogen and oxygen atoms in total. The van der Waals surface area contributed by atoms with E-state index in [1.807, 2.05) is 4.90 Å². The highest BCUT2D eigenvalue weighted by molar-refractivity contribution is 6.30. The van der Waals surface area contributed by atoms with Crippen LogP contribution in [0.2, 0.25) is 5.02 Å². The molecule has 34 heavy (non-hydrogen) atoms. The van der Waals surface area contributed by atoms with Crippen LogP contribution in [0.25, 0.3) is 0 Å². The summed E-state index contributed by atoms with van der Waals surface area (Å²) < 4.78 is 0. The number of amides is 2. The minimum absolute atomic E-state index is 0.0389. The number of nitrogens with one attached hydrogen (secondary N) is 1. The van der Waals surface area contributed by atoms with Crippen LogP contribution in [0.4, 0.5) is 0 Å². The van der Waals surface area contributed by atoms with Crippen molar-refractivity contribution in [3.8, 4) is 0 Å². The Labute approximate surface area is 207 Å².